The molecule has 1 amide bonds. The molecule has 4 rings (SSSR count). The summed E-state index contributed by atoms with van der Waals surface area (Å²) in [5, 5.41) is 13.2. The molecule has 2 aromatic heterocycles. The molecule has 0 aliphatic carbocycles. The Balaban J connectivity index is 1.55. The third kappa shape index (κ3) is 4.98. The van der Waals surface area contributed by atoms with Crippen molar-refractivity contribution in [3.8, 4) is 0 Å². The van der Waals surface area contributed by atoms with Gasteiger partial charge in [-0.25, -0.2) is 4.98 Å². The van der Waals surface area contributed by atoms with E-state index in [4.69, 9.17) is 0 Å². The van der Waals surface area contributed by atoms with Crippen LogP contribution in [-0.4, -0.2) is 30.6 Å². The molecular weight excluding hydrogens is 436 g/mol. The number of carbonyl (C=O) groups is 1. The van der Waals surface area contributed by atoms with E-state index >= 15 is 0 Å². The van der Waals surface area contributed by atoms with Crippen molar-refractivity contribution < 1.29 is 4.79 Å². The second-order valence-corrected chi connectivity index (χ2v) is 8.91. The summed E-state index contributed by atoms with van der Waals surface area (Å²) >= 11 is 1.45. The van der Waals surface area contributed by atoms with Gasteiger partial charge in [0.1, 0.15) is 5.82 Å². The number of hydrogen-bond acceptors (Lipinski definition) is 6. The summed E-state index contributed by atoms with van der Waals surface area (Å²) in [7, 11) is 0. The Hall–Kier alpha value is -3.46. The van der Waals surface area contributed by atoms with Crippen LogP contribution in [0.3, 0.4) is 0 Å². The van der Waals surface area contributed by atoms with E-state index in [9.17, 15) is 9.59 Å². The topological polar surface area (TPSA) is 106 Å². The highest BCUT2D eigenvalue weighted by Crippen LogP contribution is 2.27. The largest absolute Gasteiger partial charge is 0.342 e. The minimum Gasteiger partial charge on any atom is -0.342 e. The summed E-state index contributed by atoms with van der Waals surface area (Å²) in [6.45, 7) is 6.75. The number of rotatable bonds is 8. The molecule has 8 nitrogen and oxygen atoms in total. The van der Waals surface area contributed by atoms with Crippen LogP contribution in [0, 0.1) is 5.92 Å². The van der Waals surface area contributed by atoms with Crippen molar-refractivity contribution in [2.75, 3.05) is 0 Å². The summed E-state index contributed by atoms with van der Waals surface area (Å²) in [6.07, 6.45) is 0. The van der Waals surface area contributed by atoms with E-state index in [1.807, 2.05) is 61.7 Å². The zero-order valence-corrected chi connectivity index (χ0v) is 19.6. The fourth-order valence-corrected chi connectivity index (χ4v) is 4.49. The average Bonchev–Trinajstić information content (AvgIpc) is 3.24. The van der Waals surface area contributed by atoms with Crippen LogP contribution < -0.4 is 10.9 Å². The van der Waals surface area contributed by atoms with Crippen molar-refractivity contribution in [3.63, 3.8) is 0 Å². The van der Waals surface area contributed by atoms with Gasteiger partial charge in [-0.05, 0) is 37.1 Å². The van der Waals surface area contributed by atoms with Gasteiger partial charge in [-0.2, -0.15) is 0 Å². The Morgan fingerprint density at radius 3 is 2.55 bits per heavy atom. The molecule has 0 aliphatic heterocycles. The van der Waals surface area contributed by atoms with Gasteiger partial charge in [0.2, 0.25) is 0 Å². The number of thioether (sulfide) groups is 1. The molecule has 9 heteroatoms. The number of nitrogens with one attached hydrogen (secondary N) is 2. The number of benzene rings is 2. The van der Waals surface area contributed by atoms with Gasteiger partial charge in [-0.15, -0.1) is 10.2 Å². The number of amides is 1. The zero-order chi connectivity index (χ0) is 23.4. The van der Waals surface area contributed by atoms with E-state index in [2.05, 4.69) is 25.5 Å². The predicted molar refractivity (Wildman–Crippen MR) is 129 cm³/mol. The standard InChI is InChI=1S/C24H26N6O2S/c1-4-30-21(20(15(2)3)27-22(31)16-10-6-5-7-11-16)28-29-24(30)33-14-19-25-18-13-9-8-12-17(18)23(32)26-19/h5-13,15,20H,4,14H2,1-3H3,(H,27,31)(H,25,26,32)/t20-/m0/s1. The van der Waals surface area contributed by atoms with Gasteiger partial charge in [0.05, 0.1) is 22.7 Å². The van der Waals surface area contributed by atoms with Gasteiger partial charge < -0.3 is 14.9 Å². The molecule has 0 unspecified atom stereocenters. The lowest BCUT2D eigenvalue weighted by atomic mass is 10.0. The number of hydrogen-bond donors (Lipinski definition) is 2. The first-order valence-corrected chi connectivity index (χ1v) is 11.9. The predicted octanol–water partition coefficient (Wildman–Crippen LogP) is 3.95. The van der Waals surface area contributed by atoms with Crippen LogP contribution >= 0.6 is 11.8 Å². The second kappa shape index (κ2) is 9.99. The number of aromatic nitrogens is 5. The highest BCUT2D eigenvalue weighted by atomic mass is 32.2. The van der Waals surface area contributed by atoms with Crippen molar-refractivity contribution in [1.29, 1.82) is 0 Å². The highest BCUT2D eigenvalue weighted by Gasteiger charge is 2.26. The van der Waals surface area contributed by atoms with Gasteiger partial charge in [0, 0.05) is 12.1 Å². The van der Waals surface area contributed by atoms with Crippen molar-refractivity contribution in [2.45, 2.75) is 44.3 Å². The lowest BCUT2D eigenvalue weighted by molar-refractivity contribution is 0.0922. The van der Waals surface area contributed by atoms with Crippen molar-refractivity contribution >= 4 is 28.6 Å². The minimum atomic E-state index is -0.293. The van der Waals surface area contributed by atoms with Crippen LogP contribution in [0.25, 0.3) is 10.9 Å². The van der Waals surface area contributed by atoms with Crippen molar-refractivity contribution in [3.05, 3.63) is 82.2 Å². The quantitative estimate of drug-likeness (QED) is 0.384. The fourth-order valence-electron chi connectivity index (χ4n) is 3.61. The summed E-state index contributed by atoms with van der Waals surface area (Å²) in [5.74, 6) is 1.70. The van der Waals surface area contributed by atoms with Crippen molar-refractivity contribution in [1.82, 2.24) is 30.0 Å². The number of H-pyrrole nitrogens is 1. The fraction of sp³-hybridized carbons (Fsp3) is 0.292. The van der Waals surface area contributed by atoms with Gasteiger partial charge in [0.15, 0.2) is 11.0 Å². The molecular formula is C24H26N6O2S. The molecule has 2 aromatic carbocycles. The number of carbonyl (C=O) groups excluding carboxylic acids is 1. The molecule has 0 fully saturated rings. The molecule has 0 saturated carbocycles. The number of fused-ring (bicyclic) bond motifs is 1. The van der Waals surface area contributed by atoms with Crippen LogP contribution in [0.15, 0.2) is 64.5 Å². The van der Waals surface area contributed by atoms with Crippen LogP contribution in [-0.2, 0) is 12.3 Å². The summed E-state index contributed by atoms with van der Waals surface area (Å²) in [4.78, 5) is 32.5. The normalized spacial score (nSPS) is 12.2. The number of para-hydroxylation sites is 1. The molecule has 0 radical (unpaired) electrons. The molecule has 0 aliphatic rings. The Morgan fingerprint density at radius 2 is 1.82 bits per heavy atom. The second-order valence-electron chi connectivity index (χ2n) is 7.96. The van der Waals surface area contributed by atoms with E-state index in [1.54, 1.807) is 18.2 Å². The van der Waals surface area contributed by atoms with Gasteiger partial charge in [-0.3, -0.25) is 9.59 Å². The molecule has 2 N–H and O–H groups in total. The van der Waals surface area contributed by atoms with E-state index in [-0.39, 0.29) is 23.4 Å². The molecule has 0 saturated heterocycles. The van der Waals surface area contributed by atoms with E-state index < -0.39 is 0 Å². The van der Waals surface area contributed by atoms with E-state index in [0.29, 0.717) is 45.6 Å². The molecule has 1 atom stereocenters. The lowest BCUT2D eigenvalue weighted by Gasteiger charge is -2.22. The Kier molecular flexibility index (Phi) is 6.88. The number of nitrogens with zero attached hydrogens (tertiary/aromatic N) is 4. The Bertz CT molecular complexity index is 1320. The third-order valence-corrected chi connectivity index (χ3v) is 6.31. The summed E-state index contributed by atoms with van der Waals surface area (Å²) in [5.41, 5.74) is 1.11. The SMILES string of the molecule is CCn1c(SCc2nc3ccccc3c(=O)[nH]2)nnc1[C@@H](NC(=O)c1ccccc1)C(C)C. The van der Waals surface area contributed by atoms with E-state index in [0.717, 1.165) is 0 Å². The van der Waals surface area contributed by atoms with Crippen LogP contribution in [0.1, 0.15) is 48.8 Å². The first-order chi connectivity index (χ1) is 16.0. The van der Waals surface area contributed by atoms with Crippen LogP contribution in [0.2, 0.25) is 0 Å². The molecule has 2 heterocycles. The monoisotopic (exact) mass is 462 g/mol. The highest BCUT2D eigenvalue weighted by molar-refractivity contribution is 7.98. The first-order valence-electron chi connectivity index (χ1n) is 10.9. The van der Waals surface area contributed by atoms with Crippen LogP contribution in [0.4, 0.5) is 0 Å². The average molecular weight is 463 g/mol. The molecule has 0 bridgehead atoms. The summed E-state index contributed by atoms with van der Waals surface area (Å²) in [6, 6.07) is 16.1. The van der Waals surface area contributed by atoms with Gasteiger partial charge in [0.25, 0.3) is 11.5 Å². The molecule has 33 heavy (non-hydrogen) atoms. The number of aromatic amines is 1. The molecule has 0 spiro atoms. The maximum absolute atomic E-state index is 12.8. The van der Waals surface area contributed by atoms with Gasteiger partial charge in [-0.1, -0.05) is 55.9 Å². The first kappa shape index (κ1) is 22.7. The van der Waals surface area contributed by atoms with Gasteiger partial charge >= 0.3 is 0 Å². The smallest absolute Gasteiger partial charge is 0.258 e. The van der Waals surface area contributed by atoms with Crippen molar-refractivity contribution in [2.24, 2.45) is 5.92 Å². The van der Waals surface area contributed by atoms with E-state index in [1.165, 1.54) is 11.8 Å². The minimum absolute atomic E-state index is 0.114. The molecule has 4 aromatic rings. The zero-order valence-electron chi connectivity index (χ0n) is 18.8. The third-order valence-electron chi connectivity index (χ3n) is 5.33. The molecule has 170 valence electrons. The maximum atomic E-state index is 12.8. The van der Waals surface area contributed by atoms with Crippen LogP contribution in [0.5, 0.6) is 0 Å². The lowest BCUT2D eigenvalue weighted by Crippen LogP contribution is -2.33. The maximum Gasteiger partial charge on any atom is 0.258 e. The Morgan fingerprint density at radius 1 is 1.09 bits per heavy atom. The Labute approximate surface area is 195 Å². The summed E-state index contributed by atoms with van der Waals surface area (Å²) < 4.78 is 2.00.